The van der Waals surface area contributed by atoms with Crippen LogP contribution in [0.5, 0.6) is 0 Å². The number of hydrogen-bond donors (Lipinski definition) is 1. The highest BCUT2D eigenvalue weighted by atomic mass is 16.5. The number of fused-ring (bicyclic) bond motifs is 3. The lowest BCUT2D eigenvalue weighted by molar-refractivity contribution is -0.138. The topological polar surface area (TPSA) is 46.5 Å². The number of ether oxygens (including phenoxy) is 1. The van der Waals surface area contributed by atoms with Crippen LogP contribution >= 0.6 is 0 Å². The fraction of sp³-hybridized carbons (Fsp3) is 0.958. The van der Waals surface area contributed by atoms with Crippen LogP contribution in [0.15, 0.2) is 0 Å². The first-order valence-electron chi connectivity index (χ1n) is 11.6. The van der Waals surface area contributed by atoms with E-state index in [2.05, 4.69) is 27.7 Å². The van der Waals surface area contributed by atoms with E-state index in [9.17, 15) is 4.79 Å². The molecule has 0 amide bonds. The van der Waals surface area contributed by atoms with Gasteiger partial charge in [-0.3, -0.25) is 4.79 Å². The Morgan fingerprint density at radius 3 is 2.67 bits per heavy atom. The molecule has 156 valence electrons. The number of carbonyl (C=O) groups is 1. The molecule has 0 aromatic carbocycles. The molecule has 0 radical (unpaired) electrons. The summed E-state index contributed by atoms with van der Waals surface area (Å²) in [5, 5.41) is 8.99. The molecule has 7 atom stereocenters. The Morgan fingerprint density at radius 1 is 1.19 bits per heavy atom. The predicted octanol–water partition coefficient (Wildman–Crippen LogP) is 5.39. The maximum atomic E-state index is 12.6. The molecule has 3 fully saturated rings. The van der Waals surface area contributed by atoms with Gasteiger partial charge in [-0.2, -0.15) is 0 Å². The summed E-state index contributed by atoms with van der Waals surface area (Å²) in [6.07, 6.45) is 11.7. The third kappa shape index (κ3) is 3.88. The van der Waals surface area contributed by atoms with E-state index in [-0.39, 0.29) is 18.1 Å². The fourth-order valence-corrected chi connectivity index (χ4v) is 7.44. The predicted molar refractivity (Wildman–Crippen MR) is 110 cm³/mol. The summed E-state index contributed by atoms with van der Waals surface area (Å²) in [5.41, 5.74) is 0.376. The number of aliphatic hydroxyl groups excluding tert-OH is 1. The average Bonchev–Trinajstić information content (AvgIpc) is 2.93. The zero-order valence-corrected chi connectivity index (χ0v) is 18.1. The van der Waals surface area contributed by atoms with Gasteiger partial charge in [0.15, 0.2) is 0 Å². The van der Waals surface area contributed by atoms with Gasteiger partial charge in [0.05, 0.1) is 6.10 Å². The van der Waals surface area contributed by atoms with Crippen LogP contribution in [0.3, 0.4) is 0 Å². The van der Waals surface area contributed by atoms with Crippen molar-refractivity contribution in [2.75, 3.05) is 13.2 Å². The molecule has 3 rings (SSSR count). The summed E-state index contributed by atoms with van der Waals surface area (Å²) >= 11 is 0. The second kappa shape index (κ2) is 8.53. The molecule has 3 nitrogen and oxygen atoms in total. The Labute approximate surface area is 166 Å². The lowest BCUT2D eigenvalue weighted by Gasteiger charge is -2.58. The number of aliphatic hydroxyl groups is 1. The second-order valence-electron chi connectivity index (χ2n) is 10.3. The average molecular weight is 379 g/mol. The Hall–Kier alpha value is -0.410. The molecule has 0 aromatic rings. The van der Waals surface area contributed by atoms with E-state index in [4.69, 9.17) is 9.84 Å². The zero-order chi connectivity index (χ0) is 19.7. The van der Waals surface area contributed by atoms with Gasteiger partial charge >= 0.3 is 0 Å². The summed E-state index contributed by atoms with van der Waals surface area (Å²) in [5.74, 6) is 3.46. The van der Waals surface area contributed by atoms with Crippen LogP contribution in [-0.2, 0) is 9.53 Å². The lowest BCUT2D eigenvalue weighted by atomic mass is 9.46. The molecule has 3 saturated carbocycles. The Kier molecular flexibility index (Phi) is 6.73. The molecule has 3 heteroatoms. The van der Waals surface area contributed by atoms with Crippen LogP contribution in [0.25, 0.3) is 0 Å². The zero-order valence-electron chi connectivity index (χ0n) is 18.1. The van der Waals surface area contributed by atoms with Crippen molar-refractivity contribution in [1.82, 2.24) is 0 Å². The van der Waals surface area contributed by atoms with Crippen molar-refractivity contribution in [1.29, 1.82) is 0 Å². The number of carbonyl (C=O) groups excluding carboxylic acids is 1. The minimum atomic E-state index is -0.0121. The standard InChI is InChI=1S/C24H42O3/c1-5-12-23(3)18(16-17(2)27-15-6-14-25)7-8-19-20-9-10-22(26)24(20,4)13-11-21(19)23/h17-21,25H,5-16H2,1-4H3/t17-,18?,19?,20?,21?,23-,24-/m0/s1. The first-order chi connectivity index (χ1) is 12.9. The molecule has 0 spiro atoms. The van der Waals surface area contributed by atoms with Crippen LogP contribution in [0.1, 0.15) is 91.9 Å². The third-order valence-electron chi connectivity index (χ3n) is 8.88. The smallest absolute Gasteiger partial charge is 0.139 e. The maximum Gasteiger partial charge on any atom is 0.139 e. The Balaban J connectivity index is 1.74. The molecule has 0 bridgehead atoms. The first-order valence-corrected chi connectivity index (χ1v) is 11.6. The molecule has 4 unspecified atom stereocenters. The van der Waals surface area contributed by atoms with E-state index in [1.807, 2.05) is 0 Å². The first kappa shape index (κ1) is 21.3. The molecule has 27 heavy (non-hydrogen) atoms. The molecular weight excluding hydrogens is 336 g/mol. The molecule has 0 saturated heterocycles. The van der Waals surface area contributed by atoms with Crippen molar-refractivity contribution >= 4 is 5.78 Å². The summed E-state index contributed by atoms with van der Waals surface area (Å²) in [6.45, 7) is 10.3. The number of hydrogen-bond acceptors (Lipinski definition) is 3. The van der Waals surface area contributed by atoms with Crippen molar-refractivity contribution in [2.24, 2.45) is 34.5 Å². The van der Waals surface area contributed by atoms with Crippen molar-refractivity contribution in [3.8, 4) is 0 Å². The van der Waals surface area contributed by atoms with Gasteiger partial charge < -0.3 is 9.84 Å². The Morgan fingerprint density at radius 2 is 1.96 bits per heavy atom. The van der Waals surface area contributed by atoms with Crippen molar-refractivity contribution in [2.45, 2.75) is 98.0 Å². The molecule has 3 aliphatic rings. The van der Waals surface area contributed by atoms with Crippen LogP contribution in [0, 0.1) is 34.5 Å². The van der Waals surface area contributed by atoms with Gasteiger partial charge in [-0.15, -0.1) is 0 Å². The van der Waals surface area contributed by atoms with Gasteiger partial charge in [-0.05, 0) is 87.4 Å². The summed E-state index contributed by atoms with van der Waals surface area (Å²) in [7, 11) is 0. The van der Waals surface area contributed by atoms with E-state index < -0.39 is 0 Å². The fourth-order valence-electron chi connectivity index (χ4n) is 7.44. The van der Waals surface area contributed by atoms with Crippen molar-refractivity contribution < 1.29 is 14.6 Å². The van der Waals surface area contributed by atoms with E-state index in [1.54, 1.807) is 0 Å². The lowest BCUT2D eigenvalue weighted by Crippen LogP contribution is -2.52. The molecular formula is C24H42O3. The van der Waals surface area contributed by atoms with Gasteiger partial charge in [0.2, 0.25) is 0 Å². The Bertz CT molecular complexity index is 518. The third-order valence-corrected chi connectivity index (χ3v) is 8.88. The summed E-state index contributed by atoms with van der Waals surface area (Å²) in [6, 6.07) is 0. The van der Waals surface area contributed by atoms with Crippen molar-refractivity contribution in [3.05, 3.63) is 0 Å². The number of rotatable bonds is 8. The molecule has 0 aliphatic heterocycles. The van der Waals surface area contributed by atoms with Gasteiger partial charge in [0.1, 0.15) is 5.78 Å². The van der Waals surface area contributed by atoms with Crippen LogP contribution < -0.4 is 0 Å². The highest BCUT2D eigenvalue weighted by molar-refractivity contribution is 5.87. The van der Waals surface area contributed by atoms with E-state index in [0.29, 0.717) is 23.7 Å². The quantitative estimate of drug-likeness (QED) is 0.576. The monoisotopic (exact) mass is 378 g/mol. The largest absolute Gasteiger partial charge is 0.396 e. The maximum absolute atomic E-state index is 12.6. The summed E-state index contributed by atoms with van der Waals surface area (Å²) in [4.78, 5) is 12.6. The second-order valence-corrected chi connectivity index (χ2v) is 10.3. The van der Waals surface area contributed by atoms with Crippen LogP contribution in [-0.4, -0.2) is 30.2 Å². The van der Waals surface area contributed by atoms with Crippen LogP contribution in [0.4, 0.5) is 0 Å². The SMILES string of the molecule is CCC[C@@]1(C)C(C[C@H](C)OCCCO)CCC2C1CC[C@]1(C)C(=O)CCC21. The van der Waals surface area contributed by atoms with Gasteiger partial charge in [-0.25, -0.2) is 0 Å². The number of Topliss-reactive ketones (excluding diaryl/α,β-unsaturated/α-hetero) is 1. The molecule has 3 aliphatic carbocycles. The number of ketones is 1. The van der Waals surface area contributed by atoms with Gasteiger partial charge in [-0.1, -0.05) is 27.2 Å². The normalized spacial score (nSPS) is 42.6. The van der Waals surface area contributed by atoms with Crippen LogP contribution in [0.2, 0.25) is 0 Å². The summed E-state index contributed by atoms with van der Waals surface area (Å²) < 4.78 is 5.99. The van der Waals surface area contributed by atoms with Gasteiger partial charge in [0.25, 0.3) is 0 Å². The molecule has 0 aromatic heterocycles. The van der Waals surface area contributed by atoms with E-state index >= 15 is 0 Å². The minimum absolute atomic E-state index is 0.0121. The highest BCUT2D eigenvalue weighted by Crippen LogP contribution is 2.64. The van der Waals surface area contributed by atoms with Gasteiger partial charge in [0, 0.05) is 25.0 Å². The van der Waals surface area contributed by atoms with E-state index in [0.717, 1.165) is 49.9 Å². The van der Waals surface area contributed by atoms with E-state index in [1.165, 1.54) is 32.1 Å². The molecule has 1 N–H and O–H groups in total. The minimum Gasteiger partial charge on any atom is -0.396 e. The highest BCUT2D eigenvalue weighted by Gasteiger charge is 2.59. The molecule has 0 heterocycles. The van der Waals surface area contributed by atoms with Crippen molar-refractivity contribution in [3.63, 3.8) is 0 Å².